The van der Waals surface area contributed by atoms with Crippen LogP contribution in [-0.2, 0) is 14.3 Å². The summed E-state index contributed by atoms with van der Waals surface area (Å²) >= 11 is 0. The SMILES string of the molecule is CC(C)(C)OC(=O)N[C@H](C(=O)N[C@H](C(=O)O)C(C)(C)C)C(C)(C)C. The molecule has 0 aliphatic carbocycles. The van der Waals surface area contributed by atoms with Gasteiger partial charge in [0.2, 0.25) is 5.91 Å². The fourth-order valence-electron chi connectivity index (χ4n) is 1.98. The van der Waals surface area contributed by atoms with E-state index in [9.17, 15) is 19.5 Å². The maximum atomic E-state index is 12.6. The van der Waals surface area contributed by atoms with Gasteiger partial charge in [-0.15, -0.1) is 0 Å². The minimum absolute atomic E-state index is 0.560. The Kier molecular flexibility index (Phi) is 6.85. The molecule has 2 amide bonds. The number of carbonyl (C=O) groups excluding carboxylic acids is 2. The first kappa shape index (κ1) is 22.2. The molecule has 3 N–H and O–H groups in total. The number of hydrogen-bond donors (Lipinski definition) is 3. The molecule has 0 fully saturated rings. The fraction of sp³-hybridized carbons (Fsp3) is 0.824. The van der Waals surface area contributed by atoms with Gasteiger partial charge in [0, 0.05) is 0 Å². The molecule has 140 valence electrons. The average Bonchev–Trinajstić information content (AvgIpc) is 2.27. The summed E-state index contributed by atoms with van der Waals surface area (Å²) in [6.45, 7) is 15.7. The Balaban J connectivity index is 5.30. The number of carboxylic acid groups (broad SMARTS) is 1. The molecule has 7 nitrogen and oxygen atoms in total. The number of ether oxygens (including phenoxy) is 1. The molecule has 0 heterocycles. The zero-order valence-electron chi connectivity index (χ0n) is 16.2. The van der Waals surface area contributed by atoms with E-state index in [4.69, 9.17) is 4.74 Å². The second kappa shape index (κ2) is 7.40. The van der Waals surface area contributed by atoms with E-state index in [1.807, 2.05) is 0 Å². The third-order valence-corrected chi connectivity index (χ3v) is 3.19. The molecule has 7 heteroatoms. The van der Waals surface area contributed by atoms with E-state index in [1.165, 1.54) is 0 Å². The van der Waals surface area contributed by atoms with Crippen molar-refractivity contribution >= 4 is 18.0 Å². The number of carbonyl (C=O) groups is 3. The van der Waals surface area contributed by atoms with Crippen molar-refractivity contribution in [2.75, 3.05) is 0 Å². The predicted molar refractivity (Wildman–Crippen MR) is 91.6 cm³/mol. The van der Waals surface area contributed by atoms with Gasteiger partial charge >= 0.3 is 12.1 Å². The quantitative estimate of drug-likeness (QED) is 0.727. The minimum Gasteiger partial charge on any atom is -0.480 e. The Bertz CT molecular complexity index is 481. The van der Waals surface area contributed by atoms with Crippen molar-refractivity contribution in [1.82, 2.24) is 10.6 Å². The Morgan fingerprint density at radius 2 is 1.21 bits per heavy atom. The first-order chi connectivity index (χ1) is 10.4. The van der Waals surface area contributed by atoms with E-state index >= 15 is 0 Å². The lowest BCUT2D eigenvalue weighted by atomic mass is 9.83. The molecule has 0 aliphatic heterocycles. The highest BCUT2D eigenvalue weighted by Crippen LogP contribution is 2.23. The smallest absolute Gasteiger partial charge is 0.408 e. The number of nitrogens with one attached hydrogen (secondary N) is 2. The van der Waals surface area contributed by atoms with Crippen LogP contribution in [0.15, 0.2) is 0 Å². The van der Waals surface area contributed by atoms with Gasteiger partial charge in [0.05, 0.1) is 0 Å². The van der Waals surface area contributed by atoms with Gasteiger partial charge in [-0.3, -0.25) is 4.79 Å². The van der Waals surface area contributed by atoms with Gasteiger partial charge in [-0.25, -0.2) is 9.59 Å². The van der Waals surface area contributed by atoms with E-state index in [-0.39, 0.29) is 0 Å². The molecule has 0 saturated heterocycles. The van der Waals surface area contributed by atoms with Gasteiger partial charge in [-0.05, 0) is 31.6 Å². The Morgan fingerprint density at radius 3 is 1.50 bits per heavy atom. The second-order valence-corrected chi connectivity index (χ2v) is 9.09. The number of rotatable bonds is 4. The lowest BCUT2D eigenvalue weighted by molar-refractivity contribution is -0.145. The molecule has 0 aliphatic rings. The molecule has 0 saturated carbocycles. The molecule has 0 radical (unpaired) electrons. The first-order valence-corrected chi connectivity index (χ1v) is 7.98. The van der Waals surface area contributed by atoms with Gasteiger partial charge in [0.15, 0.2) is 0 Å². The average molecular weight is 344 g/mol. The molecule has 2 atom stereocenters. The molecule has 0 unspecified atom stereocenters. The lowest BCUT2D eigenvalue weighted by Gasteiger charge is -2.34. The zero-order chi connectivity index (χ0) is 19.5. The van der Waals surface area contributed by atoms with Crippen LogP contribution in [0.2, 0.25) is 0 Å². The lowest BCUT2D eigenvalue weighted by Crippen LogP contribution is -2.59. The largest absolute Gasteiger partial charge is 0.480 e. The number of carboxylic acids is 1. The Morgan fingerprint density at radius 1 is 0.792 bits per heavy atom. The van der Waals surface area contributed by atoms with Crippen molar-refractivity contribution in [2.45, 2.75) is 80.0 Å². The van der Waals surface area contributed by atoms with Crippen molar-refractivity contribution < 1.29 is 24.2 Å². The number of hydrogen-bond acceptors (Lipinski definition) is 4. The van der Waals surface area contributed by atoms with Crippen LogP contribution in [0.3, 0.4) is 0 Å². The highest BCUT2D eigenvalue weighted by atomic mass is 16.6. The van der Waals surface area contributed by atoms with Crippen LogP contribution in [0.4, 0.5) is 4.79 Å². The predicted octanol–water partition coefficient (Wildman–Crippen LogP) is 2.54. The maximum Gasteiger partial charge on any atom is 0.408 e. The van der Waals surface area contributed by atoms with Crippen LogP contribution in [0, 0.1) is 10.8 Å². The summed E-state index contributed by atoms with van der Waals surface area (Å²) in [5.74, 6) is -1.68. The number of alkyl carbamates (subject to hydrolysis) is 1. The molecule has 0 aromatic rings. The van der Waals surface area contributed by atoms with Crippen molar-refractivity contribution in [3.63, 3.8) is 0 Å². The zero-order valence-corrected chi connectivity index (χ0v) is 16.2. The topological polar surface area (TPSA) is 105 Å². The van der Waals surface area contributed by atoms with Crippen LogP contribution in [0.25, 0.3) is 0 Å². The van der Waals surface area contributed by atoms with Gasteiger partial charge in [-0.1, -0.05) is 41.5 Å². The molecule has 24 heavy (non-hydrogen) atoms. The summed E-state index contributed by atoms with van der Waals surface area (Å²) < 4.78 is 5.19. The van der Waals surface area contributed by atoms with E-state index in [0.717, 1.165) is 0 Å². The monoisotopic (exact) mass is 344 g/mol. The van der Waals surface area contributed by atoms with Crippen LogP contribution in [-0.4, -0.2) is 40.8 Å². The van der Waals surface area contributed by atoms with Gasteiger partial charge in [0.25, 0.3) is 0 Å². The van der Waals surface area contributed by atoms with Gasteiger partial charge < -0.3 is 20.5 Å². The third kappa shape index (κ3) is 7.66. The summed E-state index contributed by atoms with van der Waals surface area (Å²) in [5, 5.41) is 14.4. The fourth-order valence-corrected chi connectivity index (χ4v) is 1.98. The molecule has 0 aromatic heterocycles. The number of amides is 2. The van der Waals surface area contributed by atoms with Crippen LogP contribution in [0.1, 0.15) is 62.3 Å². The molecular formula is C17H32N2O5. The van der Waals surface area contributed by atoms with E-state index in [1.54, 1.807) is 62.3 Å². The van der Waals surface area contributed by atoms with E-state index < -0.39 is 46.5 Å². The molecule has 0 rings (SSSR count). The van der Waals surface area contributed by atoms with Crippen molar-refractivity contribution in [3.8, 4) is 0 Å². The summed E-state index contributed by atoms with van der Waals surface area (Å²) in [5.41, 5.74) is -1.99. The molecular weight excluding hydrogens is 312 g/mol. The minimum atomic E-state index is -1.12. The van der Waals surface area contributed by atoms with Crippen LogP contribution in [0.5, 0.6) is 0 Å². The first-order valence-electron chi connectivity index (χ1n) is 7.98. The molecule has 0 aromatic carbocycles. The third-order valence-electron chi connectivity index (χ3n) is 3.19. The highest BCUT2D eigenvalue weighted by molar-refractivity contribution is 5.90. The number of aliphatic carboxylic acids is 1. The Hall–Kier alpha value is -1.79. The van der Waals surface area contributed by atoms with Crippen molar-refractivity contribution in [3.05, 3.63) is 0 Å². The normalized spacial score (nSPS) is 15.2. The highest BCUT2D eigenvalue weighted by Gasteiger charge is 2.39. The standard InChI is InChI=1S/C17H32N2O5/c1-15(2,3)10(19-14(23)24-17(7,8)9)12(20)18-11(13(21)22)16(4,5)6/h10-11H,1-9H3,(H,18,20)(H,19,23)(H,21,22)/t10-,11-/m1/s1. The van der Waals surface area contributed by atoms with Crippen molar-refractivity contribution in [1.29, 1.82) is 0 Å². The van der Waals surface area contributed by atoms with Gasteiger partial charge in [0.1, 0.15) is 17.7 Å². The van der Waals surface area contributed by atoms with Gasteiger partial charge in [-0.2, -0.15) is 0 Å². The molecule has 0 bridgehead atoms. The summed E-state index contributed by atoms with van der Waals surface area (Å²) in [6, 6.07) is -2.01. The van der Waals surface area contributed by atoms with E-state index in [2.05, 4.69) is 10.6 Å². The summed E-state index contributed by atoms with van der Waals surface area (Å²) in [6.07, 6.45) is -0.722. The van der Waals surface area contributed by atoms with Crippen LogP contribution >= 0.6 is 0 Å². The Labute approximate surface area is 144 Å². The summed E-state index contributed by atoms with van der Waals surface area (Å²) in [4.78, 5) is 36.1. The maximum absolute atomic E-state index is 12.6. The summed E-state index contributed by atoms with van der Waals surface area (Å²) in [7, 11) is 0. The second-order valence-electron chi connectivity index (χ2n) is 9.09. The van der Waals surface area contributed by atoms with Crippen LogP contribution < -0.4 is 10.6 Å². The van der Waals surface area contributed by atoms with E-state index in [0.29, 0.717) is 0 Å². The molecule has 0 spiro atoms. The van der Waals surface area contributed by atoms with Crippen molar-refractivity contribution in [2.24, 2.45) is 10.8 Å².